The Morgan fingerprint density at radius 1 is 2.00 bits per heavy atom. The molecule has 1 aliphatic rings. The van der Waals surface area contributed by atoms with E-state index in [4.69, 9.17) is 5.11 Å². The summed E-state index contributed by atoms with van der Waals surface area (Å²) in [6.07, 6.45) is 0.426. The fraction of sp³-hybridized carbons (Fsp3) is 1.00. The van der Waals surface area contributed by atoms with Gasteiger partial charge in [0.25, 0.3) is 0 Å². The van der Waals surface area contributed by atoms with Crippen molar-refractivity contribution >= 4 is 8.23 Å². The molecule has 1 fully saturated rings. The lowest BCUT2D eigenvalue weighted by molar-refractivity contribution is 0.309. The van der Waals surface area contributed by atoms with Gasteiger partial charge < -0.3 is 5.11 Å². The second kappa shape index (κ2) is 0.889. The smallest absolute Gasteiger partial charge is 0.114 e. The first-order valence-corrected chi connectivity index (χ1v) is 2.90. The maximum atomic E-state index is 11.3. The number of aliphatic hydroxyl groups excluding tert-OH is 1. The van der Waals surface area contributed by atoms with Gasteiger partial charge in [-0.15, -0.1) is 0 Å². The van der Waals surface area contributed by atoms with Gasteiger partial charge in [0.2, 0.25) is 0 Å². The predicted octanol–water partition coefficient (Wildman–Crippen LogP) is 0.685. The summed E-state index contributed by atoms with van der Waals surface area (Å²) in [6.45, 7) is 0. The number of hydrogen-bond donors (Lipinski definition) is 1. The summed E-state index contributed by atoms with van der Waals surface area (Å²) in [7, 11) is -1.38. The average molecular weight is 94.0 g/mol. The van der Waals surface area contributed by atoms with E-state index in [1.54, 1.807) is 0 Å². The van der Waals surface area contributed by atoms with Crippen molar-refractivity contribution in [1.82, 2.24) is 0 Å². The highest BCUT2D eigenvalue weighted by atomic mass is 31.2. The van der Waals surface area contributed by atoms with Crippen LogP contribution in [0, 0.1) is 0 Å². The number of aliphatic hydroxyl groups is 1. The van der Waals surface area contributed by atoms with Gasteiger partial charge in [-0.2, -0.15) is 0 Å². The fourth-order valence-electron chi connectivity index (χ4n) is 0.109. The first-order valence-electron chi connectivity index (χ1n) is 1.41. The van der Waals surface area contributed by atoms with E-state index in [9.17, 15) is 4.20 Å². The lowest BCUT2D eigenvalue weighted by Crippen LogP contribution is -1.68. The van der Waals surface area contributed by atoms with Crippen molar-refractivity contribution in [3.63, 3.8) is 0 Å². The third kappa shape index (κ3) is 0.582. The molecule has 0 aromatic carbocycles. The SMILES string of the molecule is OC1CP1F. The van der Waals surface area contributed by atoms with Crippen LogP contribution >= 0.6 is 8.23 Å². The summed E-state index contributed by atoms with van der Waals surface area (Å²) < 4.78 is 11.3. The maximum Gasteiger partial charge on any atom is 0.114 e. The molecule has 1 nitrogen and oxygen atoms in total. The van der Waals surface area contributed by atoms with E-state index in [0.29, 0.717) is 6.16 Å². The van der Waals surface area contributed by atoms with Gasteiger partial charge >= 0.3 is 0 Å². The lowest BCUT2D eigenvalue weighted by atomic mass is 10.9. The van der Waals surface area contributed by atoms with Crippen LogP contribution in [0.5, 0.6) is 0 Å². The molecule has 0 spiro atoms. The van der Waals surface area contributed by atoms with Crippen molar-refractivity contribution < 1.29 is 9.30 Å². The van der Waals surface area contributed by atoms with Gasteiger partial charge in [0.15, 0.2) is 0 Å². The summed E-state index contributed by atoms with van der Waals surface area (Å²) in [6, 6.07) is 0. The molecule has 0 aliphatic carbocycles. The molecule has 0 aromatic rings. The van der Waals surface area contributed by atoms with Crippen LogP contribution in [-0.2, 0) is 0 Å². The quantitative estimate of drug-likeness (QED) is 0.438. The zero-order valence-corrected chi connectivity index (χ0v) is 3.45. The molecule has 0 radical (unpaired) electrons. The van der Waals surface area contributed by atoms with E-state index < -0.39 is 14.1 Å². The molecule has 0 bridgehead atoms. The molecule has 1 rings (SSSR count). The van der Waals surface area contributed by atoms with Crippen LogP contribution in [-0.4, -0.2) is 17.1 Å². The van der Waals surface area contributed by atoms with E-state index >= 15 is 0 Å². The van der Waals surface area contributed by atoms with Crippen molar-refractivity contribution in [2.75, 3.05) is 6.16 Å². The molecule has 0 saturated carbocycles. The highest BCUT2D eigenvalue weighted by Gasteiger charge is 2.35. The summed E-state index contributed by atoms with van der Waals surface area (Å²) in [5.41, 5.74) is 0. The van der Waals surface area contributed by atoms with Crippen LogP contribution in [0.25, 0.3) is 0 Å². The minimum Gasteiger partial charge on any atom is -0.385 e. The summed E-state index contributed by atoms with van der Waals surface area (Å²) in [5, 5.41) is 8.09. The highest BCUT2D eigenvalue weighted by molar-refractivity contribution is 7.60. The normalized spacial score (nSPS) is 49.2. The molecular weight excluding hydrogens is 90.0 g/mol. The van der Waals surface area contributed by atoms with Crippen LogP contribution in [0.2, 0.25) is 0 Å². The van der Waals surface area contributed by atoms with Gasteiger partial charge in [-0.05, 0) is 0 Å². The Morgan fingerprint density at radius 2 is 2.20 bits per heavy atom. The van der Waals surface area contributed by atoms with Gasteiger partial charge in [0, 0.05) is 6.16 Å². The molecule has 0 aromatic heterocycles. The molecule has 1 heterocycles. The van der Waals surface area contributed by atoms with Crippen molar-refractivity contribution in [2.24, 2.45) is 0 Å². The minimum atomic E-state index is -1.38. The Bertz CT molecular complexity index is 42.9. The maximum absolute atomic E-state index is 11.3. The summed E-state index contributed by atoms with van der Waals surface area (Å²) >= 11 is 0. The van der Waals surface area contributed by atoms with Crippen molar-refractivity contribution in [1.29, 1.82) is 0 Å². The topological polar surface area (TPSA) is 20.2 Å². The van der Waals surface area contributed by atoms with Crippen molar-refractivity contribution in [3.05, 3.63) is 0 Å². The number of rotatable bonds is 0. The van der Waals surface area contributed by atoms with Gasteiger partial charge in [-0.3, -0.25) is 0 Å². The minimum absolute atomic E-state index is 0.426. The van der Waals surface area contributed by atoms with Crippen LogP contribution in [0.1, 0.15) is 0 Å². The van der Waals surface area contributed by atoms with Crippen LogP contribution in [0.3, 0.4) is 0 Å². The zero-order valence-electron chi connectivity index (χ0n) is 2.56. The first kappa shape index (κ1) is 3.51. The van der Waals surface area contributed by atoms with E-state index in [2.05, 4.69) is 0 Å². The van der Waals surface area contributed by atoms with E-state index in [1.165, 1.54) is 0 Å². The lowest BCUT2D eigenvalue weighted by Gasteiger charge is -1.64. The predicted molar refractivity (Wildman–Crippen MR) is 18.9 cm³/mol. The second-order valence-corrected chi connectivity index (χ2v) is 2.82. The Hall–Kier alpha value is 0.320. The third-order valence-electron chi connectivity index (χ3n) is 0.528. The van der Waals surface area contributed by atoms with Crippen LogP contribution < -0.4 is 0 Å². The first-order chi connectivity index (χ1) is 2.30. The van der Waals surface area contributed by atoms with E-state index in [1.807, 2.05) is 0 Å². The Balaban J connectivity index is 2.20. The van der Waals surface area contributed by atoms with E-state index in [0.717, 1.165) is 0 Å². The van der Waals surface area contributed by atoms with Crippen LogP contribution in [0.4, 0.5) is 4.20 Å². The Morgan fingerprint density at radius 3 is 2.20 bits per heavy atom. The summed E-state index contributed by atoms with van der Waals surface area (Å²) in [5.74, 6) is -0.551. The average Bonchev–Trinajstić information content (AvgIpc) is 1.79. The van der Waals surface area contributed by atoms with Crippen molar-refractivity contribution in [3.8, 4) is 0 Å². The molecule has 3 heteroatoms. The molecule has 1 saturated heterocycles. The number of hydrogen-bond acceptors (Lipinski definition) is 1. The largest absolute Gasteiger partial charge is 0.385 e. The Kier molecular flexibility index (Phi) is 0.623. The molecule has 1 N–H and O–H groups in total. The molecule has 1 aliphatic heterocycles. The van der Waals surface area contributed by atoms with Gasteiger partial charge in [-0.25, -0.2) is 4.20 Å². The highest BCUT2D eigenvalue weighted by Crippen LogP contribution is 2.58. The van der Waals surface area contributed by atoms with Gasteiger partial charge in [0.1, 0.15) is 14.1 Å². The van der Waals surface area contributed by atoms with Crippen molar-refractivity contribution in [2.45, 2.75) is 5.85 Å². The number of halogens is 1. The molecule has 2 unspecified atom stereocenters. The third-order valence-corrected chi connectivity index (χ3v) is 1.58. The van der Waals surface area contributed by atoms with Crippen LogP contribution in [0.15, 0.2) is 0 Å². The zero-order chi connectivity index (χ0) is 3.86. The molecular formula is C2H4FOP. The van der Waals surface area contributed by atoms with E-state index in [-0.39, 0.29) is 0 Å². The second-order valence-electron chi connectivity index (χ2n) is 1.06. The standard InChI is InChI=1S/C2H4FOP/c3-5-1-2(5)4/h2,4H,1H2. The molecule has 5 heavy (non-hydrogen) atoms. The van der Waals surface area contributed by atoms with Gasteiger partial charge in [-0.1, -0.05) is 0 Å². The Labute approximate surface area is 30.7 Å². The molecule has 30 valence electrons. The monoisotopic (exact) mass is 94.0 g/mol. The summed E-state index contributed by atoms with van der Waals surface area (Å²) in [4.78, 5) is 0. The fourth-order valence-corrected chi connectivity index (χ4v) is 0.512. The molecule has 0 amide bonds. The molecule has 2 atom stereocenters. The van der Waals surface area contributed by atoms with Gasteiger partial charge in [0.05, 0.1) is 0 Å².